The molecule has 1 fully saturated rings. The van der Waals surface area contributed by atoms with Crippen LogP contribution in [0.25, 0.3) is 0 Å². The van der Waals surface area contributed by atoms with Gasteiger partial charge in [-0.2, -0.15) is 0 Å². The zero-order valence-electron chi connectivity index (χ0n) is 10.7. The Kier molecular flexibility index (Phi) is 4.11. The van der Waals surface area contributed by atoms with Gasteiger partial charge < -0.3 is 15.9 Å². The van der Waals surface area contributed by atoms with Crippen LogP contribution in [0.1, 0.15) is 16.8 Å². The highest BCUT2D eigenvalue weighted by Crippen LogP contribution is 2.19. The van der Waals surface area contributed by atoms with E-state index in [4.69, 9.17) is 22.7 Å². The fraction of sp³-hybridized carbons (Fsp3) is 0.500. The molecule has 1 aliphatic rings. The van der Waals surface area contributed by atoms with Crippen molar-refractivity contribution in [1.29, 1.82) is 0 Å². The number of anilines is 1. The van der Waals surface area contributed by atoms with Gasteiger partial charge in [-0.05, 0) is 25.5 Å². The van der Waals surface area contributed by atoms with E-state index in [1.54, 1.807) is 0 Å². The summed E-state index contributed by atoms with van der Waals surface area (Å²) >= 11 is 5.10. The number of aryl methyl sites for hydroxylation is 2. The molecule has 98 valence electrons. The van der Waals surface area contributed by atoms with E-state index in [2.05, 4.69) is 15.4 Å². The molecular weight excluding hydrogens is 248 g/mol. The monoisotopic (exact) mass is 266 g/mol. The fourth-order valence-electron chi connectivity index (χ4n) is 2.05. The van der Waals surface area contributed by atoms with Crippen LogP contribution >= 0.6 is 12.2 Å². The summed E-state index contributed by atoms with van der Waals surface area (Å²) in [7, 11) is 0. The number of hydrazine groups is 1. The predicted molar refractivity (Wildman–Crippen MR) is 75.6 cm³/mol. The van der Waals surface area contributed by atoms with Gasteiger partial charge in [-0.25, -0.2) is 9.99 Å². The minimum Gasteiger partial charge on any atom is -0.389 e. The number of morpholine rings is 1. The summed E-state index contributed by atoms with van der Waals surface area (Å²) < 4.78 is 5.31. The number of rotatable bonds is 3. The van der Waals surface area contributed by atoms with E-state index in [1.165, 1.54) is 0 Å². The molecule has 0 radical (unpaired) electrons. The zero-order valence-corrected chi connectivity index (χ0v) is 11.5. The smallest absolute Gasteiger partial charge is 0.151 e. The third kappa shape index (κ3) is 2.95. The second kappa shape index (κ2) is 5.60. The van der Waals surface area contributed by atoms with Gasteiger partial charge in [0.05, 0.1) is 18.8 Å². The van der Waals surface area contributed by atoms with E-state index in [-0.39, 0.29) is 0 Å². The summed E-state index contributed by atoms with van der Waals surface area (Å²) in [5.41, 5.74) is 11.9. The highest BCUT2D eigenvalue weighted by atomic mass is 32.1. The van der Waals surface area contributed by atoms with Crippen molar-refractivity contribution < 1.29 is 4.74 Å². The second-order valence-electron chi connectivity index (χ2n) is 4.38. The summed E-state index contributed by atoms with van der Waals surface area (Å²) in [5, 5.41) is 2.08. The molecule has 18 heavy (non-hydrogen) atoms. The minimum atomic E-state index is 0.371. The largest absolute Gasteiger partial charge is 0.389 e. The molecule has 1 aliphatic heterocycles. The topological polar surface area (TPSA) is 63.4 Å². The van der Waals surface area contributed by atoms with E-state index in [9.17, 15) is 0 Å². The molecule has 1 aromatic rings. The molecular formula is C12H18N4OS. The lowest BCUT2D eigenvalue weighted by Crippen LogP contribution is -2.41. The first-order valence-electron chi connectivity index (χ1n) is 5.95. The quantitative estimate of drug-likeness (QED) is 0.796. The van der Waals surface area contributed by atoms with Gasteiger partial charge in [-0.3, -0.25) is 0 Å². The van der Waals surface area contributed by atoms with Crippen molar-refractivity contribution >= 4 is 23.0 Å². The number of nitrogens with one attached hydrogen (secondary N) is 1. The van der Waals surface area contributed by atoms with Crippen LogP contribution in [0.4, 0.5) is 5.82 Å². The van der Waals surface area contributed by atoms with E-state index in [1.807, 2.05) is 19.9 Å². The third-order valence-electron chi connectivity index (χ3n) is 2.87. The van der Waals surface area contributed by atoms with Gasteiger partial charge in [0, 0.05) is 18.8 Å². The SMILES string of the molecule is Cc1cc(C)c(C(N)=S)c(NN2CCOCC2)n1. The van der Waals surface area contributed by atoms with Crippen LogP contribution < -0.4 is 11.2 Å². The molecule has 1 aromatic heterocycles. The summed E-state index contributed by atoms with van der Waals surface area (Å²) in [5.74, 6) is 0.738. The van der Waals surface area contributed by atoms with Crippen molar-refractivity contribution in [3.8, 4) is 0 Å². The predicted octanol–water partition coefficient (Wildman–Crippen LogP) is 0.992. The first-order valence-corrected chi connectivity index (χ1v) is 6.36. The summed E-state index contributed by atoms with van der Waals surface area (Å²) in [6.45, 7) is 7.05. The maximum Gasteiger partial charge on any atom is 0.151 e. The molecule has 0 aromatic carbocycles. The van der Waals surface area contributed by atoms with Crippen molar-refractivity contribution in [3.05, 3.63) is 22.9 Å². The van der Waals surface area contributed by atoms with Gasteiger partial charge in [0.25, 0.3) is 0 Å². The summed E-state index contributed by atoms with van der Waals surface area (Å²) in [6.07, 6.45) is 0. The van der Waals surface area contributed by atoms with Crippen LogP contribution in [-0.2, 0) is 4.74 Å². The molecule has 0 spiro atoms. The first-order chi connectivity index (χ1) is 8.58. The lowest BCUT2D eigenvalue weighted by molar-refractivity contribution is 0.0495. The van der Waals surface area contributed by atoms with Gasteiger partial charge in [-0.15, -0.1) is 0 Å². The average Bonchev–Trinajstić information content (AvgIpc) is 2.28. The van der Waals surface area contributed by atoms with Crippen molar-refractivity contribution in [2.75, 3.05) is 31.7 Å². The summed E-state index contributed by atoms with van der Waals surface area (Å²) in [6, 6.07) is 1.99. The standard InChI is InChI=1S/C12H18N4OS/c1-8-7-9(2)14-12(10(8)11(13)18)15-16-3-5-17-6-4-16/h7H,3-6H2,1-2H3,(H2,13,18)(H,14,15). The van der Waals surface area contributed by atoms with Crippen LogP contribution in [0.15, 0.2) is 6.07 Å². The maximum absolute atomic E-state index is 5.78. The van der Waals surface area contributed by atoms with Crippen LogP contribution in [0.3, 0.4) is 0 Å². The number of ether oxygens (including phenoxy) is 1. The van der Waals surface area contributed by atoms with Crippen molar-refractivity contribution in [3.63, 3.8) is 0 Å². The highest BCUT2D eigenvalue weighted by molar-refractivity contribution is 7.80. The molecule has 1 saturated heterocycles. The zero-order chi connectivity index (χ0) is 13.1. The van der Waals surface area contributed by atoms with Gasteiger partial charge in [0.15, 0.2) is 5.82 Å². The van der Waals surface area contributed by atoms with Crippen LogP contribution in [0.2, 0.25) is 0 Å². The van der Waals surface area contributed by atoms with Crippen molar-refractivity contribution in [2.24, 2.45) is 5.73 Å². The Morgan fingerprint density at radius 2 is 2.11 bits per heavy atom. The first kappa shape index (κ1) is 13.2. The lowest BCUT2D eigenvalue weighted by Gasteiger charge is -2.28. The normalized spacial score (nSPS) is 16.6. The molecule has 0 unspecified atom stereocenters. The Hall–Kier alpha value is -1.24. The molecule has 5 nitrogen and oxygen atoms in total. The Balaban J connectivity index is 2.27. The molecule has 0 aliphatic carbocycles. The van der Waals surface area contributed by atoms with E-state index < -0.39 is 0 Å². The Morgan fingerprint density at radius 3 is 2.72 bits per heavy atom. The van der Waals surface area contributed by atoms with Crippen LogP contribution in [0, 0.1) is 13.8 Å². The number of hydrogen-bond acceptors (Lipinski definition) is 5. The summed E-state index contributed by atoms with van der Waals surface area (Å²) in [4.78, 5) is 4.86. The molecule has 6 heteroatoms. The van der Waals surface area contributed by atoms with Gasteiger partial charge in [0.1, 0.15) is 4.99 Å². The second-order valence-corrected chi connectivity index (χ2v) is 4.82. The number of thiocarbonyl (C=S) groups is 1. The van der Waals surface area contributed by atoms with E-state index in [0.29, 0.717) is 4.99 Å². The Morgan fingerprint density at radius 1 is 1.44 bits per heavy atom. The molecule has 0 amide bonds. The van der Waals surface area contributed by atoms with E-state index >= 15 is 0 Å². The molecule has 2 rings (SSSR count). The average molecular weight is 266 g/mol. The number of hydrogen-bond donors (Lipinski definition) is 2. The molecule has 0 atom stereocenters. The molecule has 0 bridgehead atoms. The number of nitrogens with two attached hydrogens (primary N) is 1. The van der Waals surface area contributed by atoms with E-state index in [0.717, 1.165) is 48.9 Å². The van der Waals surface area contributed by atoms with Crippen LogP contribution in [-0.4, -0.2) is 41.3 Å². The van der Waals surface area contributed by atoms with Gasteiger partial charge >= 0.3 is 0 Å². The number of pyridine rings is 1. The Labute approximate surface area is 112 Å². The van der Waals surface area contributed by atoms with Gasteiger partial charge in [0.2, 0.25) is 0 Å². The molecule has 2 heterocycles. The van der Waals surface area contributed by atoms with Crippen LogP contribution in [0.5, 0.6) is 0 Å². The van der Waals surface area contributed by atoms with Crippen molar-refractivity contribution in [1.82, 2.24) is 9.99 Å². The highest BCUT2D eigenvalue weighted by Gasteiger charge is 2.16. The van der Waals surface area contributed by atoms with Crippen molar-refractivity contribution in [2.45, 2.75) is 13.8 Å². The minimum absolute atomic E-state index is 0.371. The Bertz CT molecular complexity index is 458. The maximum atomic E-state index is 5.78. The lowest BCUT2D eigenvalue weighted by atomic mass is 10.1. The van der Waals surface area contributed by atoms with Gasteiger partial charge in [-0.1, -0.05) is 12.2 Å². The molecule has 0 saturated carbocycles. The third-order valence-corrected chi connectivity index (χ3v) is 3.07. The fourth-order valence-corrected chi connectivity index (χ4v) is 2.31. The molecule has 3 N–H and O–H groups in total. The number of nitrogens with zero attached hydrogens (tertiary/aromatic N) is 2. The number of aromatic nitrogens is 1.